The van der Waals surface area contributed by atoms with E-state index in [0.29, 0.717) is 0 Å². The molecule has 0 aliphatic rings. The molecule has 5 heteroatoms. The number of hydrogen-bond donors (Lipinski definition) is 1. The first-order valence-corrected chi connectivity index (χ1v) is 6.34. The normalized spacial score (nSPS) is 15.2. The Morgan fingerprint density at radius 1 is 1.21 bits per heavy atom. The molecule has 0 bridgehead atoms. The molecule has 19 heavy (non-hydrogen) atoms. The first-order valence-electron chi connectivity index (χ1n) is 6.34. The minimum atomic E-state index is -4.10. The summed E-state index contributed by atoms with van der Waals surface area (Å²) >= 11 is 0. The summed E-state index contributed by atoms with van der Waals surface area (Å²) in [7, 11) is 1.81. The van der Waals surface area contributed by atoms with Crippen LogP contribution in [0.15, 0.2) is 30.3 Å². The second kappa shape index (κ2) is 7.50. The van der Waals surface area contributed by atoms with Gasteiger partial charge in [0.15, 0.2) is 0 Å². The van der Waals surface area contributed by atoms with Gasteiger partial charge in [-0.3, -0.25) is 0 Å². The monoisotopic (exact) mass is 275 g/mol. The fraction of sp³-hybridized carbons (Fsp3) is 0.571. The molecule has 2 unspecified atom stereocenters. The first-order chi connectivity index (χ1) is 8.94. The molecule has 0 aliphatic carbocycles. The van der Waals surface area contributed by atoms with Gasteiger partial charge in [0.25, 0.3) is 0 Å². The largest absolute Gasteiger partial charge is 0.389 e. The van der Waals surface area contributed by atoms with Gasteiger partial charge in [-0.2, -0.15) is 13.2 Å². The van der Waals surface area contributed by atoms with Crippen LogP contribution in [0.2, 0.25) is 0 Å². The third kappa shape index (κ3) is 6.07. The number of halogens is 3. The van der Waals surface area contributed by atoms with Crippen molar-refractivity contribution in [3.8, 4) is 0 Å². The molecule has 0 saturated heterocycles. The number of likely N-dealkylation sites (N-methyl/N-ethyl adjacent to an activating group) is 1. The SMILES string of the molecule is CNC(c1ccccc1)C(C)OCCCC(F)(F)F. The van der Waals surface area contributed by atoms with Crippen LogP contribution in [0.5, 0.6) is 0 Å². The van der Waals surface area contributed by atoms with Crippen molar-refractivity contribution in [2.45, 2.75) is 38.1 Å². The summed E-state index contributed by atoms with van der Waals surface area (Å²) in [5.74, 6) is 0. The van der Waals surface area contributed by atoms with Crippen LogP contribution in [0.4, 0.5) is 13.2 Å². The van der Waals surface area contributed by atoms with E-state index in [2.05, 4.69) is 5.32 Å². The molecule has 0 heterocycles. The van der Waals surface area contributed by atoms with E-state index in [1.165, 1.54) is 0 Å². The fourth-order valence-corrected chi connectivity index (χ4v) is 1.97. The molecule has 2 atom stereocenters. The van der Waals surface area contributed by atoms with E-state index in [4.69, 9.17) is 4.74 Å². The highest BCUT2D eigenvalue weighted by atomic mass is 19.4. The van der Waals surface area contributed by atoms with Gasteiger partial charge in [-0.1, -0.05) is 30.3 Å². The Bertz CT molecular complexity index is 353. The fourth-order valence-electron chi connectivity index (χ4n) is 1.97. The summed E-state index contributed by atoms with van der Waals surface area (Å²) in [4.78, 5) is 0. The van der Waals surface area contributed by atoms with Crippen LogP contribution in [-0.2, 0) is 4.74 Å². The highest BCUT2D eigenvalue weighted by Gasteiger charge is 2.26. The molecule has 1 rings (SSSR count). The summed E-state index contributed by atoms with van der Waals surface area (Å²) in [6.45, 7) is 1.98. The van der Waals surface area contributed by atoms with Crippen molar-refractivity contribution in [2.75, 3.05) is 13.7 Å². The molecular weight excluding hydrogens is 255 g/mol. The van der Waals surface area contributed by atoms with Crippen molar-refractivity contribution in [1.29, 1.82) is 0 Å². The van der Waals surface area contributed by atoms with Crippen LogP contribution in [0.3, 0.4) is 0 Å². The maximum absolute atomic E-state index is 12.0. The Morgan fingerprint density at radius 2 is 1.84 bits per heavy atom. The lowest BCUT2D eigenvalue weighted by Crippen LogP contribution is -2.30. The van der Waals surface area contributed by atoms with Gasteiger partial charge in [-0.25, -0.2) is 0 Å². The van der Waals surface area contributed by atoms with Crippen molar-refractivity contribution in [1.82, 2.24) is 5.32 Å². The highest BCUT2D eigenvalue weighted by Crippen LogP contribution is 2.22. The van der Waals surface area contributed by atoms with E-state index in [9.17, 15) is 13.2 Å². The Hall–Kier alpha value is -1.07. The smallest absolute Gasteiger partial charge is 0.377 e. The van der Waals surface area contributed by atoms with E-state index >= 15 is 0 Å². The second-order valence-corrected chi connectivity index (χ2v) is 4.47. The summed E-state index contributed by atoms with van der Waals surface area (Å²) < 4.78 is 41.5. The standard InChI is InChI=1S/C14H20F3NO/c1-11(19-10-6-9-14(15,16)17)13(18-2)12-7-4-3-5-8-12/h3-5,7-8,11,13,18H,6,9-10H2,1-2H3. The van der Waals surface area contributed by atoms with Crippen molar-refractivity contribution in [2.24, 2.45) is 0 Å². The first kappa shape index (κ1) is 16.0. The topological polar surface area (TPSA) is 21.3 Å². The molecule has 0 aromatic heterocycles. The van der Waals surface area contributed by atoms with E-state index in [1.807, 2.05) is 44.3 Å². The Morgan fingerprint density at radius 3 is 2.37 bits per heavy atom. The summed E-state index contributed by atoms with van der Waals surface area (Å²) in [5, 5.41) is 3.13. The number of alkyl halides is 3. The van der Waals surface area contributed by atoms with Gasteiger partial charge in [0.05, 0.1) is 12.1 Å². The minimum Gasteiger partial charge on any atom is -0.377 e. The van der Waals surface area contributed by atoms with E-state index in [-0.39, 0.29) is 25.2 Å². The van der Waals surface area contributed by atoms with Crippen LogP contribution >= 0.6 is 0 Å². The maximum atomic E-state index is 12.0. The number of ether oxygens (including phenoxy) is 1. The molecule has 0 radical (unpaired) electrons. The van der Waals surface area contributed by atoms with Crippen molar-refractivity contribution < 1.29 is 17.9 Å². The van der Waals surface area contributed by atoms with Crippen molar-refractivity contribution in [3.05, 3.63) is 35.9 Å². The number of hydrogen-bond acceptors (Lipinski definition) is 2. The second-order valence-electron chi connectivity index (χ2n) is 4.47. The molecule has 0 spiro atoms. The van der Waals surface area contributed by atoms with Gasteiger partial charge < -0.3 is 10.1 Å². The van der Waals surface area contributed by atoms with E-state index in [0.717, 1.165) is 5.56 Å². The van der Waals surface area contributed by atoms with Crippen LogP contribution in [0.25, 0.3) is 0 Å². The summed E-state index contributed by atoms with van der Waals surface area (Å²) in [6.07, 6.45) is -5.08. The molecule has 0 fully saturated rings. The van der Waals surface area contributed by atoms with Crippen LogP contribution in [0.1, 0.15) is 31.4 Å². The Balaban J connectivity index is 2.41. The molecule has 1 aromatic rings. The van der Waals surface area contributed by atoms with Gasteiger partial charge in [-0.15, -0.1) is 0 Å². The summed E-state index contributed by atoms with van der Waals surface area (Å²) in [6, 6.07) is 9.69. The molecule has 0 saturated carbocycles. The zero-order valence-electron chi connectivity index (χ0n) is 11.2. The zero-order valence-corrected chi connectivity index (χ0v) is 11.2. The third-order valence-electron chi connectivity index (χ3n) is 2.92. The molecular formula is C14H20F3NO. The zero-order chi connectivity index (χ0) is 14.3. The molecule has 1 aromatic carbocycles. The Labute approximate surface area is 112 Å². The van der Waals surface area contributed by atoms with Crippen molar-refractivity contribution in [3.63, 3.8) is 0 Å². The predicted octanol–water partition coefficient (Wildman–Crippen LogP) is 3.69. The Kier molecular flexibility index (Phi) is 6.31. The average Bonchev–Trinajstić information content (AvgIpc) is 2.36. The summed E-state index contributed by atoms with van der Waals surface area (Å²) in [5.41, 5.74) is 1.06. The number of benzene rings is 1. The molecule has 0 amide bonds. The quantitative estimate of drug-likeness (QED) is 0.766. The van der Waals surface area contributed by atoms with Gasteiger partial charge >= 0.3 is 6.18 Å². The van der Waals surface area contributed by atoms with Crippen molar-refractivity contribution >= 4 is 0 Å². The maximum Gasteiger partial charge on any atom is 0.389 e. The minimum absolute atomic E-state index is 0.000929. The average molecular weight is 275 g/mol. The van der Waals surface area contributed by atoms with Crippen LogP contribution < -0.4 is 5.32 Å². The molecule has 0 aliphatic heterocycles. The molecule has 1 N–H and O–H groups in total. The van der Waals surface area contributed by atoms with Crippen LogP contribution in [0, 0.1) is 0 Å². The number of rotatable bonds is 7. The van der Waals surface area contributed by atoms with Gasteiger partial charge in [-0.05, 0) is 26.0 Å². The van der Waals surface area contributed by atoms with Crippen LogP contribution in [-0.4, -0.2) is 25.9 Å². The van der Waals surface area contributed by atoms with E-state index < -0.39 is 12.6 Å². The van der Waals surface area contributed by atoms with Gasteiger partial charge in [0, 0.05) is 13.0 Å². The van der Waals surface area contributed by atoms with Gasteiger partial charge in [0.2, 0.25) is 0 Å². The third-order valence-corrected chi connectivity index (χ3v) is 2.92. The molecule has 2 nitrogen and oxygen atoms in total. The lowest BCUT2D eigenvalue weighted by Gasteiger charge is -2.24. The molecule has 108 valence electrons. The van der Waals surface area contributed by atoms with Gasteiger partial charge in [0.1, 0.15) is 0 Å². The predicted molar refractivity (Wildman–Crippen MR) is 68.9 cm³/mol. The lowest BCUT2D eigenvalue weighted by atomic mass is 10.0. The van der Waals surface area contributed by atoms with E-state index in [1.54, 1.807) is 0 Å². The lowest BCUT2D eigenvalue weighted by molar-refractivity contribution is -0.139. The number of nitrogens with one attached hydrogen (secondary N) is 1. The highest BCUT2D eigenvalue weighted by molar-refractivity contribution is 5.19.